The molecule has 0 bridgehead atoms. The van der Waals surface area contributed by atoms with E-state index in [0.717, 1.165) is 5.56 Å². The quantitative estimate of drug-likeness (QED) is 0.827. The van der Waals surface area contributed by atoms with Gasteiger partial charge in [-0.2, -0.15) is 0 Å². The molecule has 0 radical (unpaired) electrons. The van der Waals surface area contributed by atoms with Crippen molar-refractivity contribution in [3.63, 3.8) is 0 Å². The third-order valence-electron chi connectivity index (χ3n) is 4.84. The third kappa shape index (κ3) is 3.05. The summed E-state index contributed by atoms with van der Waals surface area (Å²) in [6.07, 6.45) is -0.355. The van der Waals surface area contributed by atoms with Crippen LogP contribution in [0.2, 0.25) is 0 Å². The molecule has 0 aliphatic carbocycles. The first-order valence-corrected chi connectivity index (χ1v) is 8.78. The normalized spacial score (nSPS) is 18.0. The Morgan fingerprint density at radius 1 is 1.12 bits per heavy atom. The van der Waals surface area contributed by atoms with Gasteiger partial charge >= 0.3 is 6.09 Å². The molecule has 2 aliphatic rings. The summed E-state index contributed by atoms with van der Waals surface area (Å²) < 4.78 is 4.99. The van der Waals surface area contributed by atoms with Gasteiger partial charge in [0.25, 0.3) is 5.91 Å². The molecule has 0 spiro atoms. The van der Waals surface area contributed by atoms with E-state index < -0.39 is 6.04 Å². The van der Waals surface area contributed by atoms with Gasteiger partial charge in [0, 0.05) is 43.0 Å². The van der Waals surface area contributed by atoms with E-state index >= 15 is 0 Å². The minimum atomic E-state index is -0.642. The number of amides is 3. The molecule has 1 aromatic carbocycles. The van der Waals surface area contributed by atoms with Gasteiger partial charge < -0.3 is 14.5 Å². The lowest BCUT2D eigenvalue weighted by molar-refractivity contribution is -0.136. The Kier molecular flexibility index (Phi) is 4.97. The smallest absolute Gasteiger partial charge is 0.409 e. The van der Waals surface area contributed by atoms with Crippen molar-refractivity contribution >= 4 is 23.6 Å². The van der Waals surface area contributed by atoms with Crippen molar-refractivity contribution in [2.24, 2.45) is 0 Å². The molecule has 1 fully saturated rings. The zero-order chi connectivity index (χ0) is 18.8. The van der Waals surface area contributed by atoms with Gasteiger partial charge in [-0.15, -0.1) is 0 Å². The topological polar surface area (TPSA) is 70.2 Å². The van der Waals surface area contributed by atoms with E-state index in [9.17, 15) is 14.4 Å². The number of carbonyl (C=O) groups is 3. The van der Waals surface area contributed by atoms with Crippen LogP contribution in [-0.2, 0) is 9.53 Å². The summed E-state index contributed by atoms with van der Waals surface area (Å²) >= 11 is 0. The fourth-order valence-corrected chi connectivity index (χ4v) is 3.41. The molecule has 0 N–H and O–H groups in total. The molecule has 2 heterocycles. The van der Waals surface area contributed by atoms with Gasteiger partial charge in [0.15, 0.2) is 0 Å². The summed E-state index contributed by atoms with van der Waals surface area (Å²) in [5, 5.41) is 0. The fourth-order valence-electron chi connectivity index (χ4n) is 3.41. The molecule has 1 aromatic rings. The highest BCUT2D eigenvalue weighted by atomic mass is 16.6. The second-order valence-corrected chi connectivity index (χ2v) is 6.35. The van der Waals surface area contributed by atoms with Crippen molar-refractivity contribution in [3.8, 4) is 0 Å². The van der Waals surface area contributed by atoms with Gasteiger partial charge in [-0.1, -0.05) is 24.8 Å². The fraction of sp³-hybridized carbons (Fsp3) is 0.421. The van der Waals surface area contributed by atoms with Gasteiger partial charge in [0.1, 0.15) is 6.04 Å². The van der Waals surface area contributed by atoms with E-state index in [1.165, 1.54) is 4.90 Å². The van der Waals surface area contributed by atoms with E-state index in [1.54, 1.807) is 35.8 Å². The van der Waals surface area contributed by atoms with Crippen LogP contribution in [0.4, 0.5) is 4.79 Å². The summed E-state index contributed by atoms with van der Waals surface area (Å²) in [7, 11) is 0. The van der Waals surface area contributed by atoms with E-state index in [-0.39, 0.29) is 17.9 Å². The number of nitrogens with zero attached hydrogens (tertiary/aromatic N) is 3. The molecule has 2 aliphatic heterocycles. The maximum atomic E-state index is 12.9. The van der Waals surface area contributed by atoms with Crippen molar-refractivity contribution in [1.29, 1.82) is 0 Å². The van der Waals surface area contributed by atoms with E-state index in [1.807, 2.05) is 12.1 Å². The molecule has 1 saturated heterocycles. The maximum absolute atomic E-state index is 12.9. The molecule has 138 valence electrons. The van der Waals surface area contributed by atoms with Crippen LogP contribution in [0.3, 0.4) is 0 Å². The minimum absolute atomic E-state index is 0.143. The number of rotatable bonds is 3. The monoisotopic (exact) mass is 357 g/mol. The van der Waals surface area contributed by atoms with Crippen molar-refractivity contribution in [3.05, 3.63) is 42.0 Å². The molecular weight excluding hydrogens is 334 g/mol. The van der Waals surface area contributed by atoms with Crippen molar-refractivity contribution in [2.75, 3.05) is 32.8 Å². The molecule has 26 heavy (non-hydrogen) atoms. The lowest BCUT2D eigenvalue weighted by Crippen LogP contribution is -2.55. The summed E-state index contributed by atoms with van der Waals surface area (Å²) in [6.45, 7) is 9.49. The molecule has 7 heteroatoms. The summed E-state index contributed by atoms with van der Waals surface area (Å²) in [5.41, 5.74) is 1.89. The van der Waals surface area contributed by atoms with E-state index in [4.69, 9.17) is 4.74 Å². The number of carbonyl (C=O) groups excluding carboxylic acids is 3. The molecule has 0 aromatic heterocycles. The highest BCUT2D eigenvalue weighted by Crippen LogP contribution is 2.33. The summed E-state index contributed by atoms with van der Waals surface area (Å²) in [5.74, 6) is -0.340. The van der Waals surface area contributed by atoms with Crippen LogP contribution in [-0.4, -0.2) is 71.4 Å². The SMILES string of the molecule is C=C1c2ccccc2C(=O)N1C(C)C(=O)N1CCN(C(=O)OCC)CC1. The van der Waals surface area contributed by atoms with Crippen molar-refractivity contribution < 1.29 is 19.1 Å². The van der Waals surface area contributed by atoms with Crippen LogP contribution < -0.4 is 0 Å². The van der Waals surface area contributed by atoms with Crippen LogP contribution in [0.15, 0.2) is 30.8 Å². The van der Waals surface area contributed by atoms with Gasteiger partial charge in [-0.25, -0.2) is 4.79 Å². The Morgan fingerprint density at radius 3 is 2.27 bits per heavy atom. The van der Waals surface area contributed by atoms with Crippen LogP contribution in [0, 0.1) is 0 Å². The molecule has 1 unspecified atom stereocenters. The first-order chi connectivity index (χ1) is 12.5. The largest absolute Gasteiger partial charge is 0.450 e. The van der Waals surface area contributed by atoms with E-state index in [2.05, 4.69) is 6.58 Å². The molecule has 0 saturated carbocycles. The lowest BCUT2D eigenvalue weighted by Gasteiger charge is -2.37. The molecule has 3 rings (SSSR count). The Bertz CT molecular complexity index is 718. The van der Waals surface area contributed by atoms with Gasteiger partial charge in [-0.05, 0) is 19.9 Å². The van der Waals surface area contributed by atoms with Gasteiger partial charge in [-0.3, -0.25) is 14.5 Å². The first kappa shape index (κ1) is 18.0. The molecule has 3 amide bonds. The summed E-state index contributed by atoms with van der Waals surface area (Å²) in [4.78, 5) is 42.1. The maximum Gasteiger partial charge on any atom is 0.409 e. The Labute approximate surface area is 152 Å². The number of benzene rings is 1. The number of hydrogen-bond acceptors (Lipinski definition) is 4. The van der Waals surface area contributed by atoms with Crippen molar-refractivity contribution in [1.82, 2.24) is 14.7 Å². The third-order valence-corrected chi connectivity index (χ3v) is 4.84. The average Bonchev–Trinajstić information content (AvgIpc) is 2.92. The van der Waals surface area contributed by atoms with Crippen LogP contribution in [0.1, 0.15) is 29.8 Å². The predicted molar refractivity (Wildman–Crippen MR) is 96.3 cm³/mol. The zero-order valence-corrected chi connectivity index (χ0v) is 15.1. The highest BCUT2D eigenvalue weighted by molar-refractivity contribution is 6.10. The highest BCUT2D eigenvalue weighted by Gasteiger charge is 2.38. The Balaban J connectivity index is 1.66. The number of hydrogen-bond donors (Lipinski definition) is 0. The standard InChI is InChI=1S/C19H23N3O4/c1-4-26-19(25)21-11-9-20(10-12-21)17(23)14(3)22-13(2)15-7-5-6-8-16(15)18(22)24/h5-8,14H,2,4,9-12H2,1,3H3. The Morgan fingerprint density at radius 2 is 1.69 bits per heavy atom. The zero-order valence-electron chi connectivity index (χ0n) is 15.1. The predicted octanol–water partition coefficient (Wildman–Crippen LogP) is 1.80. The molecular formula is C19H23N3O4. The van der Waals surface area contributed by atoms with E-state index in [0.29, 0.717) is 44.0 Å². The number of ether oxygens (including phenoxy) is 1. The minimum Gasteiger partial charge on any atom is -0.450 e. The van der Waals surface area contributed by atoms with Crippen LogP contribution in [0.25, 0.3) is 5.70 Å². The Hall–Kier alpha value is -2.83. The second-order valence-electron chi connectivity index (χ2n) is 6.35. The number of piperazine rings is 1. The van der Waals surface area contributed by atoms with Crippen LogP contribution >= 0.6 is 0 Å². The average molecular weight is 357 g/mol. The van der Waals surface area contributed by atoms with Crippen LogP contribution in [0.5, 0.6) is 0 Å². The summed E-state index contributed by atoms with van der Waals surface area (Å²) in [6, 6.07) is 6.59. The van der Waals surface area contributed by atoms with Gasteiger partial charge in [0.05, 0.1) is 6.61 Å². The molecule has 7 nitrogen and oxygen atoms in total. The second kappa shape index (κ2) is 7.19. The molecule has 1 atom stereocenters. The number of fused-ring (bicyclic) bond motifs is 1. The first-order valence-electron chi connectivity index (χ1n) is 8.78. The lowest BCUT2D eigenvalue weighted by atomic mass is 10.1. The van der Waals surface area contributed by atoms with Crippen molar-refractivity contribution in [2.45, 2.75) is 19.9 Å². The van der Waals surface area contributed by atoms with Gasteiger partial charge in [0.2, 0.25) is 5.91 Å².